The summed E-state index contributed by atoms with van der Waals surface area (Å²) in [5, 5.41) is 2.78. The molecule has 9 heteroatoms. The maximum atomic E-state index is 13.0. The Bertz CT molecular complexity index is 1080. The van der Waals surface area contributed by atoms with Gasteiger partial charge in [-0.3, -0.25) is 9.59 Å². The van der Waals surface area contributed by atoms with Crippen molar-refractivity contribution in [2.75, 3.05) is 26.7 Å². The van der Waals surface area contributed by atoms with Gasteiger partial charge in [-0.15, -0.1) is 0 Å². The third-order valence-corrected chi connectivity index (χ3v) is 7.68. The maximum Gasteiger partial charge on any atom is 0.246 e. The number of ether oxygens (including phenoxy) is 1. The van der Waals surface area contributed by atoms with Gasteiger partial charge in [0, 0.05) is 26.1 Å². The lowest BCUT2D eigenvalue weighted by molar-refractivity contribution is -0.151. The molecule has 2 saturated heterocycles. The molecule has 2 fully saturated rings. The second-order valence-electron chi connectivity index (χ2n) is 7.84. The van der Waals surface area contributed by atoms with Crippen molar-refractivity contribution in [3.63, 3.8) is 0 Å². The Morgan fingerprint density at radius 1 is 1.03 bits per heavy atom. The second kappa shape index (κ2) is 8.32. The van der Waals surface area contributed by atoms with E-state index in [0.29, 0.717) is 12.2 Å². The lowest BCUT2D eigenvalue weighted by Gasteiger charge is -2.44. The summed E-state index contributed by atoms with van der Waals surface area (Å²) < 4.78 is 32.4. The summed E-state index contributed by atoms with van der Waals surface area (Å²) in [5.41, 5.74) is 1.86. The number of amides is 2. The molecule has 4 rings (SSSR count). The van der Waals surface area contributed by atoms with E-state index in [1.165, 1.54) is 9.21 Å². The third-order valence-electron chi connectivity index (χ3n) is 5.80. The van der Waals surface area contributed by atoms with Gasteiger partial charge in [-0.05, 0) is 36.8 Å². The van der Waals surface area contributed by atoms with Crippen LogP contribution in [0.5, 0.6) is 5.75 Å². The van der Waals surface area contributed by atoms with E-state index < -0.39 is 22.1 Å². The predicted molar refractivity (Wildman–Crippen MR) is 114 cm³/mol. The molecule has 0 aromatic heterocycles. The zero-order valence-electron chi connectivity index (χ0n) is 17.4. The summed E-state index contributed by atoms with van der Waals surface area (Å²) in [6.07, 6.45) is 0.364. The van der Waals surface area contributed by atoms with Gasteiger partial charge >= 0.3 is 0 Å². The number of hydrogen-bond acceptors (Lipinski definition) is 5. The fourth-order valence-electron chi connectivity index (χ4n) is 3.99. The highest BCUT2D eigenvalue weighted by Crippen LogP contribution is 2.24. The van der Waals surface area contributed by atoms with Crippen LogP contribution in [0.2, 0.25) is 0 Å². The van der Waals surface area contributed by atoms with E-state index in [1.54, 1.807) is 31.4 Å². The van der Waals surface area contributed by atoms with Crippen LogP contribution >= 0.6 is 0 Å². The number of hydrogen-bond donors (Lipinski definition) is 1. The van der Waals surface area contributed by atoms with Crippen molar-refractivity contribution in [3.8, 4) is 5.75 Å². The van der Waals surface area contributed by atoms with E-state index >= 15 is 0 Å². The van der Waals surface area contributed by atoms with Crippen molar-refractivity contribution in [3.05, 3.63) is 59.7 Å². The van der Waals surface area contributed by atoms with Crippen LogP contribution in [0.15, 0.2) is 53.4 Å². The summed E-state index contributed by atoms with van der Waals surface area (Å²) in [4.78, 5) is 27.5. The van der Waals surface area contributed by atoms with Crippen LogP contribution in [0.3, 0.4) is 0 Å². The molecular weight excluding hydrogens is 418 g/mol. The fourth-order valence-corrected chi connectivity index (χ4v) is 5.43. The number of aryl methyl sites for hydroxylation is 1. The zero-order valence-corrected chi connectivity index (χ0v) is 18.3. The first kappa shape index (κ1) is 21.3. The molecule has 0 aliphatic carbocycles. The molecule has 1 N–H and O–H groups in total. The Balaban J connectivity index is 1.47. The third kappa shape index (κ3) is 4.15. The normalized spacial score (nSPS) is 22.1. The number of benzene rings is 2. The summed E-state index contributed by atoms with van der Waals surface area (Å²) in [6.45, 7) is 2.17. The summed E-state index contributed by atoms with van der Waals surface area (Å²) in [7, 11) is -2.15. The number of methoxy groups -OCH3 is 1. The highest BCUT2D eigenvalue weighted by Gasteiger charge is 2.45. The van der Waals surface area contributed by atoms with E-state index in [0.717, 1.165) is 11.1 Å². The summed E-state index contributed by atoms with van der Waals surface area (Å²) >= 11 is 0. The van der Waals surface area contributed by atoms with Crippen LogP contribution in [0, 0.1) is 6.92 Å². The van der Waals surface area contributed by atoms with Crippen LogP contribution < -0.4 is 10.1 Å². The predicted octanol–water partition coefficient (Wildman–Crippen LogP) is 0.946. The van der Waals surface area contributed by atoms with Crippen molar-refractivity contribution in [1.82, 2.24) is 14.5 Å². The SMILES string of the molecule is COc1ccc(C[C@@H]2NC(=O)[C@H]3CN(S(=O)(=O)c4ccc(C)cc4)CCN3C2=O)cc1. The minimum absolute atomic E-state index is 0.0525. The Kier molecular flexibility index (Phi) is 5.72. The van der Waals surface area contributed by atoms with Crippen molar-refractivity contribution in [1.29, 1.82) is 0 Å². The van der Waals surface area contributed by atoms with Gasteiger partial charge in [0.1, 0.15) is 17.8 Å². The lowest BCUT2D eigenvalue weighted by Crippen LogP contribution is -2.69. The number of sulfonamides is 1. The van der Waals surface area contributed by atoms with Gasteiger partial charge in [-0.1, -0.05) is 29.8 Å². The van der Waals surface area contributed by atoms with Gasteiger partial charge in [-0.2, -0.15) is 4.31 Å². The van der Waals surface area contributed by atoms with Crippen molar-refractivity contribution in [2.45, 2.75) is 30.3 Å². The van der Waals surface area contributed by atoms with E-state index in [-0.39, 0.29) is 36.3 Å². The number of piperazine rings is 2. The number of nitrogens with one attached hydrogen (secondary N) is 1. The minimum atomic E-state index is -3.74. The van der Waals surface area contributed by atoms with Crippen LogP contribution in [0.25, 0.3) is 0 Å². The second-order valence-corrected chi connectivity index (χ2v) is 9.77. The monoisotopic (exact) mass is 443 g/mol. The van der Waals surface area contributed by atoms with Gasteiger partial charge < -0.3 is 15.0 Å². The number of nitrogens with zero attached hydrogens (tertiary/aromatic N) is 2. The standard InChI is InChI=1S/C22H25N3O5S/c1-15-3-9-18(10-4-15)31(28,29)24-11-12-25-20(14-24)21(26)23-19(22(25)27)13-16-5-7-17(30-2)8-6-16/h3-10,19-20H,11-14H2,1-2H3,(H,23,26)/t19-,20+/m0/s1. The van der Waals surface area contributed by atoms with Gasteiger partial charge in [0.05, 0.1) is 12.0 Å². The number of rotatable bonds is 5. The van der Waals surface area contributed by atoms with Crippen molar-refractivity contribution >= 4 is 21.8 Å². The molecule has 0 saturated carbocycles. The number of carbonyl (C=O) groups excluding carboxylic acids is 2. The fraction of sp³-hybridized carbons (Fsp3) is 0.364. The van der Waals surface area contributed by atoms with E-state index in [4.69, 9.17) is 4.74 Å². The highest BCUT2D eigenvalue weighted by atomic mass is 32.2. The molecule has 2 amide bonds. The molecule has 2 aromatic carbocycles. The smallest absolute Gasteiger partial charge is 0.246 e. The Morgan fingerprint density at radius 3 is 2.35 bits per heavy atom. The van der Waals surface area contributed by atoms with Gasteiger partial charge in [-0.25, -0.2) is 8.42 Å². The molecule has 2 aromatic rings. The molecule has 0 bridgehead atoms. The lowest BCUT2D eigenvalue weighted by atomic mass is 9.99. The quantitative estimate of drug-likeness (QED) is 0.742. The van der Waals surface area contributed by atoms with Gasteiger partial charge in [0.15, 0.2) is 0 Å². The summed E-state index contributed by atoms with van der Waals surface area (Å²) in [5.74, 6) is 0.198. The van der Waals surface area contributed by atoms with Crippen LogP contribution in [0.4, 0.5) is 0 Å². The minimum Gasteiger partial charge on any atom is -0.497 e. The van der Waals surface area contributed by atoms with Crippen LogP contribution in [-0.4, -0.2) is 68.3 Å². The molecule has 2 aliphatic heterocycles. The molecule has 31 heavy (non-hydrogen) atoms. The van der Waals surface area contributed by atoms with Crippen molar-refractivity contribution in [2.24, 2.45) is 0 Å². The number of carbonyl (C=O) groups is 2. The molecule has 0 unspecified atom stereocenters. The van der Waals surface area contributed by atoms with E-state index in [9.17, 15) is 18.0 Å². The Labute approximate surface area is 181 Å². The molecule has 164 valence electrons. The van der Waals surface area contributed by atoms with Gasteiger partial charge in [0.25, 0.3) is 0 Å². The molecule has 2 heterocycles. The Hall–Kier alpha value is -2.91. The topological polar surface area (TPSA) is 96.0 Å². The molecule has 2 atom stereocenters. The first-order valence-electron chi connectivity index (χ1n) is 10.1. The average molecular weight is 444 g/mol. The molecular formula is C22H25N3O5S. The van der Waals surface area contributed by atoms with E-state index in [1.807, 2.05) is 31.2 Å². The number of fused-ring (bicyclic) bond motifs is 1. The van der Waals surface area contributed by atoms with E-state index in [2.05, 4.69) is 5.32 Å². The first-order chi connectivity index (χ1) is 14.8. The maximum absolute atomic E-state index is 13.0. The highest BCUT2D eigenvalue weighted by molar-refractivity contribution is 7.89. The first-order valence-corrected chi connectivity index (χ1v) is 11.5. The van der Waals surface area contributed by atoms with Crippen LogP contribution in [0.1, 0.15) is 11.1 Å². The Morgan fingerprint density at radius 2 is 1.71 bits per heavy atom. The summed E-state index contributed by atoms with van der Waals surface area (Å²) in [6, 6.07) is 12.4. The average Bonchev–Trinajstić information content (AvgIpc) is 2.77. The van der Waals surface area contributed by atoms with Crippen molar-refractivity contribution < 1.29 is 22.7 Å². The van der Waals surface area contributed by atoms with Gasteiger partial charge in [0.2, 0.25) is 21.8 Å². The zero-order chi connectivity index (χ0) is 22.2. The molecule has 0 spiro atoms. The molecule has 0 radical (unpaired) electrons. The molecule has 2 aliphatic rings. The largest absolute Gasteiger partial charge is 0.497 e. The van der Waals surface area contributed by atoms with Crippen LogP contribution in [-0.2, 0) is 26.0 Å². The molecule has 8 nitrogen and oxygen atoms in total.